The van der Waals surface area contributed by atoms with E-state index in [0.717, 1.165) is 25.7 Å². The molecule has 234 valence electrons. The van der Waals surface area contributed by atoms with Crippen LogP contribution in [0.5, 0.6) is 0 Å². The molecule has 0 heterocycles. The van der Waals surface area contributed by atoms with Crippen LogP contribution >= 0.6 is 12.6 Å². The lowest BCUT2D eigenvalue weighted by atomic mass is 9.71. The lowest BCUT2D eigenvalue weighted by Crippen LogP contribution is -2.28. The van der Waals surface area contributed by atoms with Crippen LogP contribution in [0.2, 0.25) is 0 Å². The number of hydrogen-bond acceptors (Lipinski definition) is 2. The van der Waals surface area contributed by atoms with E-state index in [1.807, 2.05) is 0 Å². The van der Waals surface area contributed by atoms with Crippen molar-refractivity contribution in [1.82, 2.24) is 0 Å². The Morgan fingerprint density at radius 1 is 0.698 bits per heavy atom. The van der Waals surface area contributed by atoms with E-state index in [2.05, 4.69) is 148 Å². The summed E-state index contributed by atoms with van der Waals surface area (Å²) < 4.78 is 0. The molecule has 2 heteroatoms. The van der Waals surface area contributed by atoms with Gasteiger partial charge < -0.3 is 5.11 Å². The molecular formula is C41H58OS. The minimum atomic E-state index is -0.203. The van der Waals surface area contributed by atoms with Gasteiger partial charge in [-0.15, -0.1) is 0 Å². The second kappa shape index (κ2) is 15.1. The summed E-state index contributed by atoms with van der Waals surface area (Å²) in [6.07, 6.45) is 32.7. The van der Waals surface area contributed by atoms with Crippen LogP contribution in [-0.2, 0) is 0 Å². The molecule has 0 bridgehead atoms. The maximum atomic E-state index is 10.2. The summed E-state index contributed by atoms with van der Waals surface area (Å²) in [4.78, 5) is 0. The van der Waals surface area contributed by atoms with Gasteiger partial charge in [0.25, 0.3) is 0 Å². The second-order valence-corrected chi connectivity index (χ2v) is 15.6. The van der Waals surface area contributed by atoms with E-state index in [9.17, 15) is 5.11 Å². The Morgan fingerprint density at radius 2 is 1.21 bits per heavy atom. The highest BCUT2D eigenvalue weighted by atomic mass is 32.1. The van der Waals surface area contributed by atoms with Crippen molar-refractivity contribution in [3.63, 3.8) is 0 Å². The van der Waals surface area contributed by atoms with Crippen LogP contribution < -0.4 is 0 Å². The van der Waals surface area contributed by atoms with Gasteiger partial charge in [-0.1, -0.05) is 141 Å². The molecule has 1 fully saturated rings. The van der Waals surface area contributed by atoms with Crippen LogP contribution in [0.1, 0.15) is 94.9 Å². The smallest absolute Gasteiger partial charge is 0.0585 e. The van der Waals surface area contributed by atoms with Gasteiger partial charge in [-0.05, 0) is 100 Å². The molecule has 0 aromatic rings. The van der Waals surface area contributed by atoms with Gasteiger partial charge in [0, 0.05) is 5.25 Å². The maximum Gasteiger partial charge on any atom is 0.0585 e. The Hall–Kier alpha value is -2.29. The van der Waals surface area contributed by atoms with Crippen molar-refractivity contribution < 1.29 is 5.11 Å². The first-order chi connectivity index (χ1) is 20.1. The monoisotopic (exact) mass is 598 g/mol. The highest BCUT2D eigenvalue weighted by molar-refractivity contribution is 7.81. The molecular weight excluding hydrogens is 541 g/mol. The van der Waals surface area contributed by atoms with Gasteiger partial charge in [0.1, 0.15) is 0 Å². The summed E-state index contributed by atoms with van der Waals surface area (Å²) in [5.41, 5.74) is 9.65. The first-order valence-corrected chi connectivity index (χ1v) is 16.8. The Bertz CT molecular complexity index is 1310. The van der Waals surface area contributed by atoms with Crippen molar-refractivity contribution in [2.45, 2.75) is 106 Å². The third kappa shape index (κ3) is 10.4. The molecule has 0 aromatic carbocycles. The van der Waals surface area contributed by atoms with Gasteiger partial charge in [-0.25, -0.2) is 0 Å². The van der Waals surface area contributed by atoms with Crippen molar-refractivity contribution in [2.24, 2.45) is 28.6 Å². The van der Waals surface area contributed by atoms with Crippen LogP contribution in [0.4, 0.5) is 0 Å². The third-order valence-corrected chi connectivity index (χ3v) is 9.96. The summed E-state index contributed by atoms with van der Waals surface area (Å²) in [6.45, 7) is 22.4. The lowest BCUT2D eigenvalue weighted by molar-refractivity contribution is 0.116. The fourth-order valence-corrected chi connectivity index (χ4v) is 7.84. The standard InChI is InChI=1S/C41H58OS/c1-28(16-13-17-30(3)19-22-38-32(5)25-35(43)27-41(38,9)10)14-11-12-15-29(2)18-20-36-33(6)37(36)21-23-39-31(4)24-34(42)26-40(39,7)8/h11-23,33-37,42-43H,24-27H2,1-10H3/b12-11+,16-13+,20-18+,22-19+,23-21+,28-14+,29-15+,30-17+. The largest absolute Gasteiger partial charge is 0.393 e. The van der Waals surface area contributed by atoms with Gasteiger partial charge in [-0.2, -0.15) is 12.6 Å². The Balaban J connectivity index is 1.49. The zero-order valence-electron chi connectivity index (χ0n) is 28.6. The van der Waals surface area contributed by atoms with E-state index in [4.69, 9.17) is 12.6 Å². The van der Waals surface area contributed by atoms with Crippen molar-refractivity contribution in [3.05, 3.63) is 118 Å². The molecule has 0 aromatic heterocycles. The molecule has 0 saturated heterocycles. The van der Waals surface area contributed by atoms with E-state index in [0.29, 0.717) is 23.0 Å². The number of allylic oxidation sites excluding steroid dienone is 19. The molecule has 3 aliphatic rings. The summed E-state index contributed by atoms with van der Waals surface area (Å²) in [5.74, 6) is 1.89. The first kappa shape index (κ1) is 35.2. The molecule has 1 N–H and O–H groups in total. The molecule has 3 rings (SSSR count). The minimum absolute atomic E-state index is 0.0450. The predicted molar refractivity (Wildman–Crippen MR) is 193 cm³/mol. The van der Waals surface area contributed by atoms with Crippen LogP contribution in [0, 0.1) is 28.6 Å². The third-order valence-electron chi connectivity index (χ3n) is 9.60. The average molecular weight is 599 g/mol. The number of aliphatic hydroxyl groups excluding tert-OH is 1. The quantitative estimate of drug-likeness (QED) is 0.189. The molecule has 3 aliphatic carbocycles. The van der Waals surface area contributed by atoms with E-state index in [-0.39, 0.29) is 16.9 Å². The summed E-state index contributed by atoms with van der Waals surface area (Å²) in [5, 5.41) is 10.6. The first-order valence-electron chi connectivity index (χ1n) is 16.3. The van der Waals surface area contributed by atoms with Gasteiger partial charge in [-0.3, -0.25) is 0 Å². The Morgan fingerprint density at radius 3 is 1.84 bits per heavy atom. The second-order valence-electron chi connectivity index (χ2n) is 14.8. The fourth-order valence-electron chi connectivity index (χ4n) is 7.11. The molecule has 5 atom stereocenters. The maximum absolute atomic E-state index is 10.2. The highest BCUT2D eigenvalue weighted by Gasteiger charge is 2.43. The average Bonchev–Trinajstić information content (AvgIpc) is 3.50. The minimum Gasteiger partial charge on any atom is -0.393 e. The molecule has 0 aliphatic heterocycles. The molecule has 0 amide bonds. The van der Waals surface area contributed by atoms with E-state index in [1.165, 1.54) is 39.0 Å². The van der Waals surface area contributed by atoms with Crippen LogP contribution in [-0.4, -0.2) is 16.5 Å². The highest BCUT2D eigenvalue weighted by Crippen LogP contribution is 2.49. The van der Waals surface area contributed by atoms with E-state index in [1.54, 1.807) is 0 Å². The number of hydrogen-bond donors (Lipinski definition) is 2. The summed E-state index contributed by atoms with van der Waals surface area (Å²) in [7, 11) is 0. The molecule has 0 radical (unpaired) electrons. The zero-order valence-corrected chi connectivity index (χ0v) is 29.5. The predicted octanol–water partition coefficient (Wildman–Crippen LogP) is 11.4. The zero-order chi connectivity index (χ0) is 31.9. The van der Waals surface area contributed by atoms with E-state index >= 15 is 0 Å². The molecule has 1 nitrogen and oxygen atoms in total. The fraction of sp³-hybridized carbons (Fsp3) is 0.512. The Labute approximate surface area is 269 Å². The van der Waals surface area contributed by atoms with Gasteiger partial charge >= 0.3 is 0 Å². The number of thiol groups is 1. The summed E-state index contributed by atoms with van der Waals surface area (Å²) in [6, 6.07) is 0. The van der Waals surface area contributed by atoms with Crippen LogP contribution in [0.3, 0.4) is 0 Å². The van der Waals surface area contributed by atoms with Gasteiger partial charge in [0.05, 0.1) is 6.10 Å². The van der Waals surface area contributed by atoms with Gasteiger partial charge in [0.2, 0.25) is 0 Å². The van der Waals surface area contributed by atoms with Crippen molar-refractivity contribution in [2.75, 3.05) is 0 Å². The van der Waals surface area contributed by atoms with Crippen LogP contribution in [0.25, 0.3) is 0 Å². The summed E-state index contributed by atoms with van der Waals surface area (Å²) >= 11 is 4.74. The lowest BCUT2D eigenvalue weighted by Gasteiger charge is -2.36. The molecule has 5 unspecified atom stereocenters. The molecule has 1 saturated carbocycles. The van der Waals surface area contributed by atoms with Gasteiger partial charge in [0.15, 0.2) is 0 Å². The number of rotatable bonds is 10. The molecule has 43 heavy (non-hydrogen) atoms. The van der Waals surface area contributed by atoms with Crippen molar-refractivity contribution in [1.29, 1.82) is 0 Å². The molecule has 0 spiro atoms. The SMILES string of the molecule is CC1=C(/C=C/C2C(C)C2/C=C/C(C)=C/C=C/C=C(C)/C=C/C=C(C)/C=C/C2=C(C)CC(S)CC2(C)C)C(C)(C)CC(O)C1. The normalized spacial score (nSPS) is 30.8. The number of aliphatic hydroxyl groups is 1. The topological polar surface area (TPSA) is 20.2 Å². The van der Waals surface area contributed by atoms with Crippen LogP contribution in [0.15, 0.2) is 118 Å². The van der Waals surface area contributed by atoms with E-state index < -0.39 is 0 Å². The van der Waals surface area contributed by atoms with Crippen molar-refractivity contribution in [3.8, 4) is 0 Å². The van der Waals surface area contributed by atoms with Crippen molar-refractivity contribution >= 4 is 12.6 Å². The Kier molecular flexibility index (Phi) is 12.4.